The molecule has 0 aliphatic carbocycles. The Morgan fingerprint density at radius 3 is 2.70 bits per heavy atom. The molecular formula is C14H26N4O2. The lowest BCUT2D eigenvalue weighted by molar-refractivity contribution is -0.122. The van der Waals surface area contributed by atoms with Crippen LogP contribution >= 0.6 is 0 Å². The van der Waals surface area contributed by atoms with Crippen LogP contribution in [0.25, 0.3) is 0 Å². The number of nitrogens with one attached hydrogen (secondary N) is 1. The monoisotopic (exact) mass is 282 g/mol. The zero-order valence-electron chi connectivity index (χ0n) is 13.1. The van der Waals surface area contributed by atoms with Crippen LogP contribution in [0.1, 0.15) is 45.8 Å². The Morgan fingerprint density at radius 1 is 1.40 bits per heavy atom. The summed E-state index contributed by atoms with van der Waals surface area (Å²) in [6, 6.07) is 0.207. The van der Waals surface area contributed by atoms with E-state index in [0.29, 0.717) is 30.7 Å². The molecule has 0 aliphatic heterocycles. The second kappa shape index (κ2) is 7.99. The fourth-order valence-electron chi connectivity index (χ4n) is 1.75. The van der Waals surface area contributed by atoms with Gasteiger partial charge in [0.2, 0.25) is 11.8 Å². The molecule has 1 N–H and O–H groups in total. The number of carbonyl (C=O) groups is 1. The van der Waals surface area contributed by atoms with Crippen LogP contribution in [-0.4, -0.2) is 40.6 Å². The van der Waals surface area contributed by atoms with Crippen molar-refractivity contribution in [3.63, 3.8) is 0 Å². The number of nitrogens with zero attached hydrogens (tertiary/aromatic N) is 3. The Kier molecular flexibility index (Phi) is 6.64. The minimum absolute atomic E-state index is 0.0211. The Labute approximate surface area is 120 Å². The van der Waals surface area contributed by atoms with Gasteiger partial charge in [0.15, 0.2) is 5.82 Å². The molecule has 20 heavy (non-hydrogen) atoms. The lowest BCUT2D eigenvalue weighted by atomic mass is 10.1. The van der Waals surface area contributed by atoms with E-state index in [1.807, 2.05) is 25.8 Å². The van der Waals surface area contributed by atoms with Gasteiger partial charge in [-0.25, -0.2) is 0 Å². The molecular weight excluding hydrogens is 256 g/mol. The molecule has 1 aromatic heterocycles. The van der Waals surface area contributed by atoms with Crippen LogP contribution in [0, 0.1) is 5.92 Å². The maximum Gasteiger partial charge on any atom is 0.234 e. The van der Waals surface area contributed by atoms with Gasteiger partial charge < -0.3 is 9.84 Å². The Morgan fingerprint density at radius 2 is 2.10 bits per heavy atom. The third-order valence-electron chi connectivity index (χ3n) is 2.94. The molecule has 0 saturated carbocycles. The molecule has 1 atom stereocenters. The summed E-state index contributed by atoms with van der Waals surface area (Å²) in [5, 5.41) is 6.87. The largest absolute Gasteiger partial charge is 0.353 e. The number of amides is 1. The average Bonchev–Trinajstić information content (AvgIpc) is 2.74. The number of carbonyl (C=O) groups excluding carboxylic acids is 1. The smallest absolute Gasteiger partial charge is 0.234 e. The first-order chi connectivity index (χ1) is 9.40. The second-order valence-electron chi connectivity index (χ2n) is 5.75. The molecule has 1 unspecified atom stereocenters. The summed E-state index contributed by atoms with van der Waals surface area (Å²) in [5.41, 5.74) is 0. The van der Waals surface area contributed by atoms with Crippen molar-refractivity contribution in [1.82, 2.24) is 20.4 Å². The van der Waals surface area contributed by atoms with E-state index in [2.05, 4.69) is 29.3 Å². The first kappa shape index (κ1) is 16.6. The van der Waals surface area contributed by atoms with Gasteiger partial charge >= 0.3 is 0 Å². The van der Waals surface area contributed by atoms with Gasteiger partial charge in [0, 0.05) is 12.5 Å². The molecule has 0 spiro atoms. The van der Waals surface area contributed by atoms with Crippen LogP contribution in [0.5, 0.6) is 0 Å². The van der Waals surface area contributed by atoms with Crippen LogP contribution < -0.4 is 5.32 Å². The SMILES string of the molecule is CCC(C)NC(=O)CN(C)Cc1noc(CC(C)C)n1. The summed E-state index contributed by atoms with van der Waals surface area (Å²) < 4.78 is 5.17. The average molecular weight is 282 g/mol. The number of likely N-dealkylation sites (N-methyl/N-ethyl adjacent to an activating group) is 1. The molecule has 0 radical (unpaired) electrons. The summed E-state index contributed by atoms with van der Waals surface area (Å²) >= 11 is 0. The number of hydrogen-bond donors (Lipinski definition) is 1. The fourth-order valence-corrected chi connectivity index (χ4v) is 1.75. The van der Waals surface area contributed by atoms with Crippen molar-refractivity contribution >= 4 is 5.91 Å². The highest BCUT2D eigenvalue weighted by Gasteiger charge is 2.13. The zero-order chi connectivity index (χ0) is 15.1. The lowest BCUT2D eigenvalue weighted by Crippen LogP contribution is -2.39. The maximum absolute atomic E-state index is 11.7. The molecule has 1 aromatic rings. The minimum atomic E-state index is 0.0211. The van der Waals surface area contributed by atoms with Gasteiger partial charge in [0.25, 0.3) is 0 Å². The highest BCUT2D eigenvalue weighted by atomic mass is 16.5. The first-order valence-corrected chi connectivity index (χ1v) is 7.20. The van der Waals surface area contributed by atoms with Crippen molar-refractivity contribution in [3.05, 3.63) is 11.7 Å². The minimum Gasteiger partial charge on any atom is -0.353 e. The van der Waals surface area contributed by atoms with Gasteiger partial charge in [-0.1, -0.05) is 25.9 Å². The van der Waals surface area contributed by atoms with Crippen molar-refractivity contribution in [2.75, 3.05) is 13.6 Å². The van der Waals surface area contributed by atoms with E-state index in [4.69, 9.17) is 4.52 Å². The standard InChI is InChI=1S/C14H26N4O2/c1-6-11(4)15-13(19)9-18(5)8-12-16-14(20-17-12)7-10(2)3/h10-11H,6-9H2,1-5H3,(H,15,19). The summed E-state index contributed by atoms with van der Waals surface area (Å²) in [4.78, 5) is 17.9. The Hall–Kier alpha value is -1.43. The Bertz CT molecular complexity index is 417. The van der Waals surface area contributed by atoms with Crippen LogP contribution in [0.4, 0.5) is 0 Å². The summed E-state index contributed by atoms with van der Waals surface area (Å²) in [6.07, 6.45) is 1.71. The van der Waals surface area contributed by atoms with Crippen LogP contribution in [0.2, 0.25) is 0 Å². The lowest BCUT2D eigenvalue weighted by Gasteiger charge is -2.16. The molecule has 0 bridgehead atoms. The first-order valence-electron chi connectivity index (χ1n) is 7.20. The highest BCUT2D eigenvalue weighted by Crippen LogP contribution is 2.06. The van der Waals surface area contributed by atoms with E-state index in [1.165, 1.54) is 0 Å². The predicted octanol–water partition coefficient (Wildman–Crippen LogP) is 1.61. The molecule has 0 fully saturated rings. The molecule has 1 amide bonds. The van der Waals surface area contributed by atoms with E-state index in [-0.39, 0.29) is 11.9 Å². The summed E-state index contributed by atoms with van der Waals surface area (Å²) in [7, 11) is 1.87. The van der Waals surface area contributed by atoms with Crippen molar-refractivity contribution < 1.29 is 9.32 Å². The van der Waals surface area contributed by atoms with Gasteiger partial charge in [-0.2, -0.15) is 4.98 Å². The third-order valence-corrected chi connectivity index (χ3v) is 2.94. The van der Waals surface area contributed by atoms with E-state index in [1.54, 1.807) is 0 Å². The molecule has 114 valence electrons. The second-order valence-corrected chi connectivity index (χ2v) is 5.75. The predicted molar refractivity (Wildman–Crippen MR) is 77.1 cm³/mol. The number of aromatic nitrogens is 2. The fraction of sp³-hybridized carbons (Fsp3) is 0.786. The van der Waals surface area contributed by atoms with Crippen LogP contribution in [0.3, 0.4) is 0 Å². The van der Waals surface area contributed by atoms with E-state index in [0.717, 1.165) is 12.8 Å². The zero-order valence-corrected chi connectivity index (χ0v) is 13.1. The highest BCUT2D eigenvalue weighted by molar-refractivity contribution is 5.78. The molecule has 6 nitrogen and oxygen atoms in total. The van der Waals surface area contributed by atoms with Gasteiger partial charge in [-0.15, -0.1) is 0 Å². The molecule has 1 rings (SSSR count). The van der Waals surface area contributed by atoms with Crippen molar-refractivity contribution in [1.29, 1.82) is 0 Å². The molecule has 0 saturated heterocycles. The molecule has 6 heteroatoms. The van der Waals surface area contributed by atoms with E-state index < -0.39 is 0 Å². The number of hydrogen-bond acceptors (Lipinski definition) is 5. The summed E-state index contributed by atoms with van der Waals surface area (Å²) in [6.45, 7) is 9.10. The molecule has 0 aliphatic rings. The van der Waals surface area contributed by atoms with Gasteiger partial charge in [-0.05, 0) is 26.3 Å². The van der Waals surface area contributed by atoms with Crippen molar-refractivity contribution in [2.24, 2.45) is 5.92 Å². The quantitative estimate of drug-likeness (QED) is 0.784. The van der Waals surface area contributed by atoms with Crippen LogP contribution in [-0.2, 0) is 17.8 Å². The Balaban J connectivity index is 2.40. The van der Waals surface area contributed by atoms with Gasteiger partial charge in [0.1, 0.15) is 0 Å². The maximum atomic E-state index is 11.7. The summed E-state index contributed by atoms with van der Waals surface area (Å²) in [5.74, 6) is 1.79. The molecule has 0 aromatic carbocycles. The van der Waals surface area contributed by atoms with Crippen molar-refractivity contribution in [2.45, 2.75) is 53.1 Å². The van der Waals surface area contributed by atoms with Crippen LogP contribution in [0.15, 0.2) is 4.52 Å². The van der Waals surface area contributed by atoms with Crippen molar-refractivity contribution in [3.8, 4) is 0 Å². The van der Waals surface area contributed by atoms with E-state index in [9.17, 15) is 4.79 Å². The third kappa shape index (κ3) is 6.14. The number of rotatable bonds is 8. The van der Waals surface area contributed by atoms with Gasteiger partial charge in [0.05, 0.1) is 13.1 Å². The van der Waals surface area contributed by atoms with Gasteiger partial charge in [-0.3, -0.25) is 9.69 Å². The molecule has 1 heterocycles. The topological polar surface area (TPSA) is 71.3 Å². The normalized spacial score (nSPS) is 12.9. The van der Waals surface area contributed by atoms with E-state index >= 15 is 0 Å².